The van der Waals surface area contributed by atoms with Crippen LogP contribution in [-0.4, -0.2) is 30.2 Å². The van der Waals surface area contributed by atoms with Crippen LogP contribution < -0.4 is 11.1 Å². The van der Waals surface area contributed by atoms with E-state index in [4.69, 9.17) is 5.73 Å². The molecule has 0 aliphatic carbocycles. The zero-order chi connectivity index (χ0) is 12.8. The van der Waals surface area contributed by atoms with Gasteiger partial charge in [-0.25, -0.2) is 0 Å². The van der Waals surface area contributed by atoms with E-state index in [1.807, 2.05) is 27.7 Å². The third-order valence-electron chi connectivity index (χ3n) is 3.54. The van der Waals surface area contributed by atoms with Gasteiger partial charge in [-0.05, 0) is 18.8 Å². The Morgan fingerprint density at radius 1 is 1.38 bits per heavy atom. The minimum atomic E-state index is -0.484. The van der Waals surface area contributed by atoms with Crippen LogP contribution in [-0.2, 0) is 4.79 Å². The molecule has 4 nitrogen and oxygen atoms in total. The normalized spacial score (nSPS) is 13.9. The molecule has 0 radical (unpaired) electrons. The van der Waals surface area contributed by atoms with Gasteiger partial charge < -0.3 is 16.2 Å². The first-order valence-corrected chi connectivity index (χ1v) is 6.09. The lowest BCUT2D eigenvalue weighted by Crippen LogP contribution is -2.51. The first-order valence-electron chi connectivity index (χ1n) is 6.09. The van der Waals surface area contributed by atoms with Crippen LogP contribution in [0, 0.1) is 11.3 Å². The third-order valence-corrected chi connectivity index (χ3v) is 3.54. The minimum absolute atomic E-state index is 0.0303. The molecule has 16 heavy (non-hydrogen) atoms. The Labute approximate surface area is 98.6 Å². The van der Waals surface area contributed by atoms with Crippen LogP contribution in [0.5, 0.6) is 0 Å². The highest BCUT2D eigenvalue weighted by atomic mass is 16.3. The molecule has 0 rings (SSSR count). The summed E-state index contributed by atoms with van der Waals surface area (Å²) in [6, 6.07) is -0.184. The maximum Gasteiger partial charge on any atom is 0.227 e. The first-order chi connectivity index (χ1) is 7.47. The summed E-state index contributed by atoms with van der Waals surface area (Å²) in [5.41, 5.74) is 5.22. The van der Waals surface area contributed by atoms with Crippen LogP contribution in [0.1, 0.15) is 40.5 Å². The van der Waals surface area contributed by atoms with Crippen LogP contribution in [0.15, 0.2) is 0 Å². The van der Waals surface area contributed by atoms with E-state index in [2.05, 4.69) is 5.32 Å². The van der Waals surface area contributed by atoms with Gasteiger partial charge in [-0.2, -0.15) is 0 Å². The van der Waals surface area contributed by atoms with E-state index in [0.29, 0.717) is 6.54 Å². The second-order valence-corrected chi connectivity index (χ2v) is 4.70. The van der Waals surface area contributed by atoms with Crippen molar-refractivity contribution in [2.45, 2.75) is 46.6 Å². The summed E-state index contributed by atoms with van der Waals surface area (Å²) in [5.74, 6) is 0.186. The Balaban J connectivity index is 4.64. The molecule has 0 aliphatic heterocycles. The largest absolute Gasteiger partial charge is 0.394 e. The van der Waals surface area contributed by atoms with E-state index < -0.39 is 5.41 Å². The van der Waals surface area contributed by atoms with Gasteiger partial charge in [0.05, 0.1) is 18.1 Å². The average molecular weight is 230 g/mol. The highest BCUT2D eigenvalue weighted by Crippen LogP contribution is 2.25. The minimum Gasteiger partial charge on any atom is -0.394 e. The summed E-state index contributed by atoms with van der Waals surface area (Å²) in [6.45, 7) is 8.21. The number of hydrogen-bond acceptors (Lipinski definition) is 3. The molecule has 0 fully saturated rings. The van der Waals surface area contributed by atoms with Gasteiger partial charge in [0, 0.05) is 6.54 Å². The molecule has 0 heterocycles. The lowest BCUT2D eigenvalue weighted by Gasteiger charge is -2.31. The molecule has 4 N–H and O–H groups in total. The highest BCUT2D eigenvalue weighted by Gasteiger charge is 2.34. The van der Waals surface area contributed by atoms with Crippen molar-refractivity contribution in [1.82, 2.24) is 5.32 Å². The van der Waals surface area contributed by atoms with Gasteiger partial charge in [-0.3, -0.25) is 4.79 Å². The number of nitrogens with one attached hydrogen (secondary N) is 1. The molecule has 0 aromatic heterocycles. The van der Waals surface area contributed by atoms with Gasteiger partial charge in [-0.1, -0.05) is 27.7 Å². The van der Waals surface area contributed by atoms with Crippen molar-refractivity contribution in [1.29, 1.82) is 0 Å². The summed E-state index contributed by atoms with van der Waals surface area (Å²) in [5, 5.41) is 12.1. The fourth-order valence-electron chi connectivity index (χ4n) is 1.70. The van der Waals surface area contributed by atoms with Crippen LogP contribution >= 0.6 is 0 Å². The molecule has 1 atom stereocenters. The SMILES string of the molecule is CCC(CC)(CN)C(=O)N[C@H](CO)C(C)C. The predicted octanol–water partition coefficient (Wildman–Crippen LogP) is 0.885. The summed E-state index contributed by atoms with van der Waals surface area (Å²) >= 11 is 0. The summed E-state index contributed by atoms with van der Waals surface area (Å²) in [6.07, 6.45) is 1.45. The standard InChI is InChI=1S/C12H26N2O2/c1-5-12(6-2,8-13)11(16)14-10(7-15)9(3)4/h9-10,15H,5-8,13H2,1-4H3,(H,14,16)/t10-/m1/s1. The molecular weight excluding hydrogens is 204 g/mol. The smallest absolute Gasteiger partial charge is 0.227 e. The van der Waals surface area contributed by atoms with Gasteiger partial charge in [0.2, 0.25) is 5.91 Å². The van der Waals surface area contributed by atoms with Crippen molar-refractivity contribution in [3.63, 3.8) is 0 Å². The fraction of sp³-hybridized carbons (Fsp3) is 0.917. The van der Waals surface area contributed by atoms with Crippen molar-refractivity contribution >= 4 is 5.91 Å². The zero-order valence-corrected chi connectivity index (χ0v) is 10.9. The van der Waals surface area contributed by atoms with Crippen molar-refractivity contribution < 1.29 is 9.90 Å². The number of rotatable bonds is 7. The Kier molecular flexibility index (Phi) is 6.60. The third kappa shape index (κ3) is 3.46. The van der Waals surface area contributed by atoms with Gasteiger partial charge >= 0.3 is 0 Å². The van der Waals surface area contributed by atoms with E-state index >= 15 is 0 Å². The highest BCUT2D eigenvalue weighted by molar-refractivity contribution is 5.83. The Hall–Kier alpha value is -0.610. The van der Waals surface area contributed by atoms with Gasteiger partial charge in [0.25, 0.3) is 0 Å². The van der Waals surface area contributed by atoms with Crippen molar-refractivity contribution in [2.75, 3.05) is 13.2 Å². The number of carbonyl (C=O) groups excluding carboxylic acids is 1. The van der Waals surface area contributed by atoms with E-state index in [-0.39, 0.29) is 24.5 Å². The fourth-order valence-corrected chi connectivity index (χ4v) is 1.70. The Morgan fingerprint density at radius 2 is 1.88 bits per heavy atom. The summed E-state index contributed by atoms with van der Waals surface area (Å²) in [4.78, 5) is 12.1. The number of hydrogen-bond donors (Lipinski definition) is 3. The van der Waals surface area contributed by atoms with E-state index in [0.717, 1.165) is 12.8 Å². The van der Waals surface area contributed by atoms with E-state index in [9.17, 15) is 9.90 Å². The second-order valence-electron chi connectivity index (χ2n) is 4.70. The second kappa shape index (κ2) is 6.86. The molecular formula is C12H26N2O2. The molecule has 0 bridgehead atoms. The quantitative estimate of drug-likeness (QED) is 0.608. The maximum absolute atomic E-state index is 12.1. The molecule has 0 unspecified atom stereocenters. The first kappa shape index (κ1) is 15.4. The number of carbonyl (C=O) groups is 1. The van der Waals surface area contributed by atoms with Crippen LogP contribution in [0.4, 0.5) is 0 Å². The molecule has 0 aromatic carbocycles. The lowest BCUT2D eigenvalue weighted by atomic mass is 9.81. The average Bonchev–Trinajstić information content (AvgIpc) is 2.28. The Bertz CT molecular complexity index is 205. The molecule has 0 saturated carbocycles. The summed E-state index contributed by atoms with van der Waals surface area (Å²) < 4.78 is 0. The van der Waals surface area contributed by atoms with Crippen molar-refractivity contribution in [3.05, 3.63) is 0 Å². The Morgan fingerprint density at radius 3 is 2.12 bits per heavy atom. The molecule has 0 aliphatic rings. The van der Waals surface area contributed by atoms with Crippen molar-refractivity contribution in [3.8, 4) is 0 Å². The number of amides is 1. The number of aliphatic hydroxyl groups excluding tert-OH is 1. The van der Waals surface area contributed by atoms with Crippen LogP contribution in [0.3, 0.4) is 0 Å². The molecule has 0 spiro atoms. The molecule has 96 valence electrons. The van der Waals surface area contributed by atoms with E-state index in [1.54, 1.807) is 0 Å². The molecule has 0 aromatic rings. The van der Waals surface area contributed by atoms with Crippen LogP contribution in [0.2, 0.25) is 0 Å². The van der Waals surface area contributed by atoms with Gasteiger partial charge in [-0.15, -0.1) is 0 Å². The van der Waals surface area contributed by atoms with Gasteiger partial charge in [0.15, 0.2) is 0 Å². The number of nitrogens with two attached hydrogens (primary N) is 1. The monoisotopic (exact) mass is 230 g/mol. The molecule has 4 heteroatoms. The summed E-state index contributed by atoms with van der Waals surface area (Å²) in [7, 11) is 0. The molecule has 1 amide bonds. The predicted molar refractivity (Wildman–Crippen MR) is 65.9 cm³/mol. The number of aliphatic hydroxyl groups is 1. The van der Waals surface area contributed by atoms with Gasteiger partial charge in [0.1, 0.15) is 0 Å². The lowest BCUT2D eigenvalue weighted by molar-refractivity contribution is -0.132. The van der Waals surface area contributed by atoms with Crippen LogP contribution in [0.25, 0.3) is 0 Å². The zero-order valence-electron chi connectivity index (χ0n) is 10.9. The van der Waals surface area contributed by atoms with Crippen molar-refractivity contribution in [2.24, 2.45) is 17.1 Å². The van der Waals surface area contributed by atoms with E-state index in [1.165, 1.54) is 0 Å². The maximum atomic E-state index is 12.1. The molecule has 0 saturated heterocycles. The topological polar surface area (TPSA) is 75.4 Å².